The molecule has 0 spiro atoms. The lowest BCUT2D eigenvalue weighted by molar-refractivity contribution is 0.0672. The Bertz CT molecular complexity index is 859. The van der Waals surface area contributed by atoms with Crippen molar-refractivity contribution in [1.29, 1.82) is 0 Å². The van der Waals surface area contributed by atoms with Crippen molar-refractivity contribution in [3.8, 4) is 0 Å². The van der Waals surface area contributed by atoms with Crippen molar-refractivity contribution in [1.82, 2.24) is 4.90 Å². The van der Waals surface area contributed by atoms with E-state index in [0.717, 1.165) is 9.37 Å². The third kappa shape index (κ3) is 2.88. The molecule has 0 bridgehead atoms. The van der Waals surface area contributed by atoms with Crippen LogP contribution in [0.1, 0.15) is 31.1 Å². The molecule has 3 amide bonds. The first-order valence-electron chi connectivity index (χ1n) is 7.19. The van der Waals surface area contributed by atoms with Crippen LogP contribution < -0.4 is 5.32 Å². The van der Waals surface area contributed by atoms with Crippen LogP contribution in [-0.2, 0) is 0 Å². The summed E-state index contributed by atoms with van der Waals surface area (Å²) in [7, 11) is 0. The van der Waals surface area contributed by atoms with Gasteiger partial charge in [0, 0.05) is 22.3 Å². The Kier molecular flexibility index (Phi) is 4.31. The summed E-state index contributed by atoms with van der Waals surface area (Å²) in [5.74, 6) is -1.12. The van der Waals surface area contributed by atoms with E-state index in [1.807, 2.05) is 12.1 Å². The minimum atomic E-state index is -0.409. The van der Waals surface area contributed by atoms with Gasteiger partial charge in [0.1, 0.15) is 0 Å². The van der Waals surface area contributed by atoms with Gasteiger partial charge in [0.2, 0.25) is 0 Å². The molecule has 1 aliphatic rings. The smallest absolute Gasteiger partial charge is 0.261 e. The minimum Gasteiger partial charge on any atom is -0.322 e. The summed E-state index contributed by atoms with van der Waals surface area (Å²) >= 11 is 3.33. The van der Waals surface area contributed by atoms with Crippen molar-refractivity contribution in [2.45, 2.75) is 0 Å². The van der Waals surface area contributed by atoms with E-state index in [9.17, 15) is 14.4 Å². The third-order valence-corrected chi connectivity index (χ3v) is 4.18. The molecular weight excluding hydrogens is 372 g/mol. The van der Waals surface area contributed by atoms with Crippen molar-refractivity contribution in [2.75, 3.05) is 11.9 Å². The SMILES string of the molecule is C=CCN1C(=O)c2ccc(C(=O)Nc3ccc(Br)cc3)cc2C1=O. The number of carbonyl (C=O) groups excluding carboxylic acids is 3. The molecule has 1 N–H and O–H groups in total. The second kappa shape index (κ2) is 6.41. The first kappa shape index (κ1) is 16.1. The number of hydrogen-bond donors (Lipinski definition) is 1. The Morgan fingerprint density at radius 1 is 1.08 bits per heavy atom. The molecule has 6 heteroatoms. The number of rotatable bonds is 4. The normalized spacial score (nSPS) is 13.0. The molecule has 0 atom stereocenters. The van der Waals surface area contributed by atoms with Crippen molar-refractivity contribution in [2.24, 2.45) is 0 Å². The molecule has 0 fully saturated rings. The van der Waals surface area contributed by atoms with Crippen molar-refractivity contribution < 1.29 is 14.4 Å². The summed E-state index contributed by atoms with van der Waals surface area (Å²) in [6.07, 6.45) is 1.49. The molecule has 5 nitrogen and oxygen atoms in total. The first-order chi connectivity index (χ1) is 11.5. The predicted octanol–water partition coefficient (Wildman–Crippen LogP) is 3.48. The van der Waals surface area contributed by atoms with Gasteiger partial charge < -0.3 is 5.32 Å². The van der Waals surface area contributed by atoms with Crippen molar-refractivity contribution in [3.05, 3.63) is 76.3 Å². The standard InChI is InChI=1S/C18H13BrN2O3/c1-2-9-21-17(23)14-8-3-11(10-15(14)18(21)24)16(22)20-13-6-4-12(19)5-7-13/h2-8,10H,1,9H2,(H,20,22). The topological polar surface area (TPSA) is 66.5 Å². The van der Waals surface area contributed by atoms with Crippen molar-refractivity contribution in [3.63, 3.8) is 0 Å². The van der Waals surface area contributed by atoms with Crippen LogP contribution in [0, 0.1) is 0 Å². The van der Waals surface area contributed by atoms with E-state index < -0.39 is 5.91 Å². The molecule has 0 aromatic heterocycles. The van der Waals surface area contributed by atoms with E-state index in [1.165, 1.54) is 24.3 Å². The largest absolute Gasteiger partial charge is 0.322 e. The number of imide groups is 1. The van der Waals surface area contributed by atoms with Gasteiger partial charge in [-0.05, 0) is 42.5 Å². The Morgan fingerprint density at radius 3 is 2.42 bits per heavy atom. The van der Waals surface area contributed by atoms with Gasteiger partial charge in [-0.3, -0.25) is 19.3 Å². The van der Waals surface area contributed by atoms with Crippen LogP contribution in [0.25, 0.3) is 0 Å². The number of halogens is 1. The lowest BCUT2D eigenvalue weighted by Gasteiger charge is -2.09. The molecule has 0 radical (unpaired) electrons. The fraction of sp³-hybridized carbons (Fsp3) is 0.0556. The Labute approximate surface area is 147 Å². The summed E-state index contributed by atoms with van der Waals surface area (Å²) in [6.45, 7) is 3.69. The Balaban J connectivity index is 1.86. The van der Waals surface area contributed by atoms with Gasteiger partial charge >= 0.3 is 0 Å². The quantitative estimate of drug-likeness (QED) is 0.647. The molecule has 120 valence electrons. The Hall–Kier alpha value is -2.73. The fourth-order valence-electron chi connectivity index (χ4n) is 2.46. The predicted molar refractivity (Wildman–Crippen MR) is 94.1 cm³/mol. The molecule has 0 saturated heterocycles. The molecule has 0 unspecified atom stereocenters. The molecule has 1 aliphatic heterocycles. The van der Waals surface area contributed by atoms with E-state index in [4.69, 9.17) is 0 Å². The fourth-order valence-corrected chi connectivity index (χ4v) is 2.73. The highest BCUT2D eigenvalue weighted by Crippen LogP contribution is 2.24. The van der Waals surface area contributed by atoms with Gasteiger partial charge in [0.05, 0.1) is 11.1 Å². The summed E-state index contributed by atoms with van der Waals surface area (Å²) in [4.78, 5) is 37.9. The number of carbonyl (C=O) groups is 3. The zero-order valence-corrected chi connectivity index (χ0v) is 14.2. The average Bonchev–Trinajstić information content (AvgIpc) is 2.82. The van der Waals surface area contributed by atoms with Crippen molar-refractivity contribution >= 4 is 39.3 Å². The van der Waals surface area contributed by atoms with Gasteiger partial charge in [0.25, 0.3) is 17.7 Å². The summed E-state index contributed by atoms with van der Waals surface area (Å²) in [5, 5.41) is 2.75. The number of hydrogen-bond acceptors (Lipinski definition) is 3. The van der Waals surface area contributed by atoms with E-state index in [1.54, 1.807) is 12.1 Å². The Morgan fingerprint density at radius 2 is 1.75 bits per heavy atom. The van der Waals surface area contributed by atoms with Crippen LogP contribution in [0.5, 0.6) is 0 Å². The second-order valence-electron chi connectivity index (χ2n) is 5.23. The van der Waals surface area contributed by atoms with Crippen LogP contribution in [0.2, 0.25) is 0 Å². The maximum Gasteiger partial charge on any atom is 0.261 e. The lowest BCUT2D eigenvalue weighted by atomic mass is 10.1. The molecule has 1 heterocycles. The molecular formula is C18H13BrN2O3. The average molecular weight is 385 g/mol. The number of benzene rings is 2. The summed E-state index contributed by atoms with van der Waals surface area (Å²) in [5.41, 5.74) is 1.50. The van der Waals surface area contributed by atoms with Crippen LogP contribution in [0.4, 0.5) is 5.69 Å². The minimum absolute atomic E-state index is 0.146. The van der Waals surface area contributed by atoms with E-state index >= 15 is 0 Å². The number of amides is 3. The lowest BCUT2D eigenvalue weighted by Crippen LogP contribution is -2.29. The van der Waals surface area contributed by atoms with Gasteiger partial charge in [-0.15, -0.1) is 6.58 Å². The van der Waals surface area contributed by atoms with Gasteiger partial charge in [-0.2, -0.15) is 0 Å². The third-order valence-electron chi connectivity index (χ3n) is 3.65. The second-order valence-corrected chi connectivity index (χ2v) is 6.15. The zero-order valence-electron chi connectivity index (χ0n) is 12.6. The van der Waals surface area contributed by atoms with Crippen LogP contribution in [0.3, 0.4) is 0 Å². The number of fused-ring (bicyclic) bond motifs is 1. The van der Waals surface area contributed by atoms with Gasteiger partial charge in [-0.1, -0.05) is 22.0 Å². The first-order valence-corrected chi connectivity index (χ1v) is 7.98. The monoisotopic (exact) mass is 384 g/mol. The molecule has 3 rings (SSSR count). The maximum absolute atomic E-state index is 12.3. The van der Waals surface area contributed by atoms with Crippen LogP contribution in [0.15, 0.2) is 59.6 Å². The van der Waals surface area contributed by atoms with E-state index in [0.29, 0.717) is 16.8 Å². The highest BCUT2D eigenvalue weighted by Gasteiger charge is 2.35. The molecule has 0 saturated carbocycles. The summed E-state index contributed by atoms with van der Waals surface area (Å²) < 4.78 is 0.907. The highest BCUT2D eigenvalue weighted by molar-refractivity contribution is 9.10. The molecule has 24 heavy (non-hydrogen) atoms. The number of nitrogens with zero attached hydrogens (tertiary/aromatic N) is 1. The van der Waals surface area contributed by atoms with E-state index in [-0.39, 0.29) is 23.9 Å². The zero-order chi connectivity index (χ0) is 17.3. The van der Waals surface area contributed by atoms with Crippen LogP contribution in [-0.4, -0.2) is 29.2 Å². The molecule has 2 aromatic carbocycles. The number of anilines is 1. The van der Waals surface area contributed by atoms with Crippen LogP contribution >= 0.6 is 15.9 Å². The molecule has 0 aliphatic carbocycles. The molecule has 2 aromatic rings. The number of nitrogens with one attached hydrogen (secondary N) is 1. The van der Waals surface area contributed by atoms with Gasteiger partial charge in [-0.25, -0.2) is 0 Å². The van der Waals surface area contributed by atoms with Gasteiger partial charge in [0.15, 0.2) is 0 Å². The highest BCUT2D eigenvalue weighted by atomic mass is 79.9. The summed E-state index contributed by atoms with van der Waals surface area (Å²) in [6, 6.07) is 11.6. The van der Waals surface area contributed by atoms with E-state index in [2.05, 4.69) is 27.8 Å². The maximum atomic E-state index is 12.3.